The summed E-state index contributed by atoms with van der Waals surface area (Å²) in [5.74, 6) is -1.64. The second kappa shape index (κ2) is 11.0. The number of fused-ring (bicyclic) bond motifs is 4. The number of hydrazine groups is 1. The number of carbonyl (C=O) groups excluding carboxylic acids is 4. The van der Waals surface area contributed by atoms with Gasteiger partial charge in [-0.25, -0.2) is 5.43 Å². The molecule has 4 unspecified atom stereocenters. The zero-order valence-electron chi connectivity index (χ0n) is 23.4. The molecule has 4 atom stereocenters. The average Bonchev–Trinajstić information content (AvgIpc) is 3.74. The van der Waals surface area contributed by atoms with Crippen molar-refractivity contribution in [2.24, 2.45) is 11.3 Å². The van der Waals surface area contributed by atoms with Gasteiger partial charge in [0.25, 0.3) is 5.91 Å². The van der Waals surface area contributed by atoms with Gasteiger partial charge in [-0.1, -0.05) is 32.1 Å². The molecule has 2 aliphatic heterocycles. The summed E-state index contributed by atoms with van der Waals surface area (Å²) >= 11 is 0. The molecule has 10 nitrogen and oxygen atoms in total. The molecule has 1 spiro atoms. The number of cyclic esters (lactones) is 1. The van der Waals surface area contributed by atoms with E-state index in [4.69, 9.17) is 4.74 Å². The number of ether oxygens (including phenoxy) is 1. The first-order valence-electron chi connectivity index (χ1n) is 14.0. The molecule has 5 rings (SSSR count). The summed E-state index contributed by atoms with van der Waals surface area (Å²) in [5.41, 5.74) is 3.84. The lowest BCUT2D eigenvalue weighted by atomic mass is 9.99. The molecule has 2 aromatic rings. The SMILES string of the molecule is CC1NC(=O)C(C(C)C)NC(=O)C2(C=Cc3cc4cc(ccc4cn3)C(C)OC(=O)C3CCCN(N3)C1=O)CC2. The summed E-state index contributed by atoms with van der Waals surface area (Å²) in [4.78, 5) is 57.4. The number of aromatic nitrogens is 1. The van der Waals surface area contributed by atoms with Crippen LogP contribution >= 0.6 is 0 Å². The van der Waals surface area contributed by atoms with E-state index >= 15 is 0 Å². The summed E-state index contributed by atoms with van der Waals surface area (Å²) in [5, 5.41) is 8.95. The molecule has 3 heterocycles. The minimum absolute atomic E-state index is 0.196. The molecule has 5 bridgehead atoms. The zero-order chi connectivity index (χ0) is 28.6. The van der Waals surface area contributed by atoms with Crippen LogP contribution in [0.1, 0.15) is 70.7 Å². The van der Waals surface area contributed by atoms with Crippen LogP contribution in [0.25, 0.3) is 16.8 Å². The van der Waals surface area contributed by atoms with Crippen molar-refractivity contribution in [3.63, 3.8) is 0 Å². The van der Waals surface area contributed by atoms with Gasteiger partial charge < -0.3 is 15.4 Å². The van der Waals surface area contributed by atoms with Gasteiger partial charge in [0, 0.05) is 18.1 Å². The average molecular weight is 548 g/mol. The van der Waals surface area contributed by atoms with Crippen LogP contribution in [0.2, 0.25) is 0 Å². The fourth-order valence-electron chi connectivity index (χ4n) is 5.23. The molecule has 212 valence electrons. The highest BCUT2D eigenvalue weighted by molar-refractivity contribution is 5.95. The Hall–Kier alpha value is -3.79. The third kappa shape index (κ3) is 5.72. The number of nitrogens with zero attached hydrogens (tertiary/aromatic N) is 2. The van der Waals surface area contributed by atoms with Gasteiger partial charge in [-0.15, -0.1) is 0 Å². The molecule has 1 saturated heterocycles. The van der Waals surface area contributed by atoms with E-state index < -0.39 is 41.5 Å². The fraction of sp³-hybridized carbons (Fsp3) is 0.500. The van der Waals surface area contributed by atoms with E-state index in [0.29, 0.717) is 37.9 Å². The quantitative estimate of drug-likeness (QED) is 0.468. The van der Waals surface area contributed by atoms with Crippen molar-refractivity contribution in [2.75, 3.05) is 6.54 Å². The summed E-state index contributed by atoms with van der Waals surface area (Å²) in [7, 11) is 0. The smallest absolute Gasteiger partial charge is 0.325 e. The Morgan fingerprint density at radius 3 is 2.55 bits per heavy atom. The zero-order valence-corrected chi connectivity index (χ0v) is 23.4. The Labute approximate surface area is 233 Å². The van der Waals surface area contributed by atoms with Crippen LogP contribution in [0.15, 0.2) is 36.5 Å². The largest absolute Gasteiger partial charge is 0.457 e. The van der Waals surface area contributed by atoms with E-state index in [1.165, 1.54) is 5.01 Å². The molecule has 1 saturated carbocycles. The first-order chi connectivity index (χ1) is 19.1. The van der Waals surface area contributed by atoms with E-state index in [-0.39, 0.29) is 17.7 Å². The molecule has 3 aliphatic rings. The van der Waals surface area contributed by atoms with Crippen molar-refractivity contribution in [2.45, 2.75) is 77.6 Å². The maximum absolute atomic E-state index is 13.3. The van der Waals surface area contributed by atoms with Gasteiger partial charge in [0.2, 0.25) is 11.8 Å². The number of carbonyl (C=O) groups is 4. The standard InChI is InChI=1S/C30H37N5O5/c1-17(2)25-26(36)32-18(3)27(37)35-13-5-6-24(34-35)28(38)40-19(4)20-7-8-21-16-31-23(15-22(21)14-20)9-10-30(11-12-30)29(39)33-25/h7-10,14-19,24-25,34H,5-6,11-13H2,1-4H3,(H,32,36)(H,33,39). The molecule has 1 aliphatic carbocycles. The number of hydrogen-bond acceptors (Lipinski definition) is 7. The second-order valence-electron chi connectivity index (χ2n) is 11.5. The maximum Gasteiger partial charge on any atom is 0.325 e. The van der Waals surface area contributed by atoms with Gasteiger partial charge in [0.15, 0.2) is 0 Å². The minimum atomic E-state index is -0.861. The Morgan fingerprint density at radius 2 is 1.82 bits per heavy atom. The van der Waals surface area contributed by atoms with Crippen LogP contribution in [0, 0.1) is 11.3 Å². The van der Waals surface area contributed by atoms with Crippen LogP contribution in [0.5, 0.6) is 0 Å². The minimum Gasteiger partial charge on any atom is -0.457 e. The Morgan fingerprint density at radius 1 is 1.05 bits per heavy atom. The van der Waals surface area contributed by atoms with Crippen molar-refractivity contribution in [3.05, 3.63) is 47.8 Å². The Kier molecular flexibility index (Phi) is 7.63. The van der Waals surface area contributed by atoms with Crippen molar-refractivity contribution in [1.29, 1.82) is 0 Å². The van der Waals surface area contributed by atoms with Gasteiger partial charge in [0.05, 0.1) is 11.1 Å². The molecule has 3 amide bonds. The van der Waals surface area contributed by atoms with Gasteiger partial charge in [-0.3, -0.25) is 29.2 Å². The first kappa shape index (κ1) is 27.8. The summed E-state index contributed by atoms with van der Waals surface area (Å²) < 4.78 is 5.80. The highest BCUT2D eigenvalue weighted by Crippen LogP contribution is 2.48. The van der Waals surface area contributed by atoms with E-state index in [9.17, 15) is 19.2 Å². The lowest BCUT2D eigenvalue weighted by molar-refractivity contribution is -0.157. The molecule has 1 aromatic carbocycles. The second-order valence-corrected chi connectivity index (χ2v) is 11.5. The number of rotatable bonds is 1. The molecule has 1 aromatic heterocycles. The monoisotopic (exact) mass is 547 g/mol. The van der Waals surface area contributed by atoms with Crippen LogP contribution in [-0.4, -0.2) is 58.4 Å². The van der Waals surface area contributed by atoms with Crippen LogP contribution in [0.3, 0.4) is 0 Å². The number of nitrogens with one attached hydrogen (secondary N) is 3. The topological polar surface area (TPSA) is 130 Å². The highest BCUT2D eigenvalue weighted by Gasteiger charge is 2.48. The molecule has 3 N–H and O–H groups in total. The third-order valence-corrected chi connectivity index (χ3v) is 8.04. The van der Waals surface area contributed by atoms with Crippen LogP contribution in [0.4, 0.5) is 0 Å². The van der Waals surface area contributed by atoms with Crippen molar-refractivity contribution >= 4 is 40.5 Å². The number of hydrogen-bond donors (Lipinski definition) is 3. The van der Waals surface area contributed by atoms with E-state index in [1.807, 2.05) is 57.2 Å². The molecular formula is C30H37N5O5. The van der Waals surface area contributed by atoms with Gasteiger partial charge in [-0.05, 0) is 74.6 Å². The molecule has 40 heavy (non-hydrogen) atoms. The van der Waals surface area contributed by atoms with E-state index in [0.717, 1.165) is 16.3 Å². The number of benzene rings is 1. The summed E-state index contributed by atoms with van der Waals surface area (Å²) in [6.45, 7) is 7.52. The Bertz CT molecular complexity index is 1370. The lowest BCUT2D eigenvalue weighted by Gasteiger charge is -2.35. The highest BCUT2D eigenvalue weighted by atomic mass is 16.5. The molecule has 0 radical (unpaired) electrons. The first-order valence-corrected chi connectivity index (χ1v) is 14.0. The third-order valence-electron chi connectivity index (χ3n) is 8.04. The number of amides is 3. The normalized spacial score (nSPS) is 27.5. The number of esters is 1. The molecule has 10 heteroatoms. The van der Waals surface area contributed by atoms with Gasteiger partial charge in [0.1, 0.15) is 24.2 Å². The number of pyridine rings is 1. The lowest BCUT2D eigenvalue weighted by Crippen LogP contribution is -2.61. The summed E-state index contributed by atoms with van der Waals surface area (Å²) in [6.07, 6.45) is 7.48. The molecular weight excluding hydrogens is 510 g/mol. The van der Waals surface area contributed by atoms with Crippen LogP contribution in [-0.2, 0) is 23.9 Å². The summed E-state index contributed by atoms with van der Waals surface area (Å²) in [6, 6.07) is 5.42. The van der Waals surface area contributed by atoms with Crippen LogP contribution < -0.4 is 16.1 Å². The van der Waals surface area contributed by atoms with Crippen molar-refractivity contribution in [3.8, 4) is 0 Å². The maximum atomic E-state index is 13.3. The fourth-order valence-corrected chi connectivity index (χ4v) is 5.23. The van der Waals surface area contributed by atoms with Gasteiger partial charge in [-0.2, -0.15) is 0 Å². The predicted molar refractivity (Wildman–Crippen MR) is 149 cm³/mol. The molecule has 2 fully saturated rings. The van der Waals surface area contributed by atoms with Crippen molar-refractivity contribution < 1.29 is 23.9 Å². The van der Waals surface area contributed by atoms with E-state index in [2.05, 4.69) is 21.0 Å². The van der Waals surface area contributed by atoms with Gasteiger partial charge >= 0.3 is 5.97 Å². The predicted octanol–water partition coefficient (Wildman–Crippen LogP) is 2.79. The Balaban J connectivity index is 1.48. The van der Waals surface area contributed by atoms with Crippen molar-refractivity contribution in [1.82, 2.24) is 26.1 Å². The van der Waals surface area contributed by atoms with E-state index in [1.54, 1.807) is 13.1 Å².